The molecule has 1 fully saturated rings. The van der Waals surface area contributed by atoms with Crippen LogP contribution < -0.4 is 22.5 Å². The zero-order chi connectivity index (χ0) is 29.4. The smallest absolute Gasteiger partial charge is 0.353 e. The van der Waals surface area contributed by atoms with Crippen molar-refractivity contribution in [2.75, 3.05) is 24.6 Å². The van der Waals surface area contributed by atoms with Crippen molar-refractivity contribution in [1.29, 1.82) is 0 Å². The van der Waals surface area contributed by atoms with Gasteiger partial charge in [-0.05, 0) is 13.0 Å². The molecule has 1 aromatic rings. The molecule has 1 unspecified atom stereocenters. The molecular weight excluding hydrogens is 586 g/mol. The Kier molecular flexibility index (Phi) is 8.10. The number of hydrogen-bond donors (Lipinski definition) is 6. The third-order valence-corrected chi connectivity index (χ3v) is 8.41. The minimum Gasteiger partial charge on any atom is -0.479 e. The Balaban J connectivity index is 1.66. The van der Waals surface area contributed by atoms with E-state index in [1.54, 1.807) is 11.0 Å². The number of amides is 2. The van der Waals surface area contributed by atoms with Gasteiger partial charge in [0.2, 0.25) is 6.61 Å². The molecule has 16 nitrogen and oxygen atoms in total. The number of thioether (sulfide) groups is 1. The molecule has 212 valence electrons. The van der Waals surface area contributed by atoms with Gasteiger partial charge in [0, 0.05) is 28.6 Å². The maximum absolute atomic E-state index is 13.5. The summed E-state index contributed by atoms with van der Waals surface area (Å²) in [4.78, 5) is 65.6. The number of allylic oxidation sites excluding steroid dienone is 1. The number of nitrogen functional groups attached to an aromatic ring is 1. The van der Waals surface area contributed by atoms with Crippen LogP contribution in [-0.2, 0) is 24.0 Å². The number of anilines is 1. The van der Waals surface area contributed by atoms with E-state index in [9.17, 15) is 24.3 Å². The summed E-state index contributed by atoms with van der Waals surface area (Å²) >= 11 is 7.26. The summed E-state index contributed by atoms with van der Waals surface area (Å²) in [6, 6.07) is 0. The van der Waals surface area contributed by atoms with E-state index >= 15 is 0 Å². The summed E-state index contributed by atoms with van der Waals surface area (Å²) in [5, 5.41) is 26.6. The minimum atomic E-state index is -1.81. The first-order valence-corrected chi connectivity index (χ1v) is 13.8. The average Bonchev–Trinajstić information content (AvgIpc) is 3.33. The number of likely N-dealkylation sites (N-methyl/N-ethyl adjacent to an activating group) is 1. The molecule has 0 radical (unpaired) electrons. The van der Waals surface area contributed by atoms with Crippen LogP contribution in [-0.4, -0.2) is 102 Å². The van der Waals surface area contributed by atoms with E-state index in [0.717, 1.165) is 33.4 Å². The van der Waals surface area contributed by atoms with Crippen LogP contribution in [0.4, 0.5) is 5.13 Å². The van der Waals surface area contributed by atoms with Crippen molar-refractivity contribution in [3.8, 4) is 0 Å². The van der Waals surface area contributed by atoms with Gasteiger partial charge in [-0.25, -0.2) is 19.6 Å². The number of β-lactam (4-membered cyclic amide) rings is 1. The van der Waals surface area contributed by atoms with Crippen molar-refractivity contribution in [3.63, 3.8) is 0 Å². The molecule has 0 aromatic carbocycles. The summed E-state index contributed by atoms with van der Waals surface area (Å²) in [6.07, 6.45) is 0.895. The van der Waals surface area contributed by atoms with Gasteiger partial charge in [-0.15, -0.1) is 23.1 Å². The highest BCUT2D eigenvalue weighted by atomic mass is 32.2. The maximum Gasteiger partial charge on any atom is 0.353 e. The zero-order valence-corrected chi connectivity index (χ0v) is 23.1. The number of thiazole rings is 1. The summed E-state index contributed by atoms with van der Waals surface area (Å²) in [5.74, 6) is -4.36. The molecule has 4 heterocycles. The highest BCUT2D eigenvalue weighted by Crippen LogP contribution is 2.47. The molecular formula is C21H23N9O7S3. The zero-order valence-electron chi connectivity index (χ0n) is 20.6. The summed E-state index contributed by atoms with van der Waals surface area (Å²) in [6.45, 7) is 1.46. The molecule has 0 saturated carbocycles. The SMILES string of the molecule is CCN1C(N)=NC(C2=C(C(=O)O)N3C(=O)[C@](C=S)(NC(=O)/C(=N\OCC(=O)O)c4csc(N)n4)[C@H]3SC2)=CC1N. The fourth-order valence-corrected chi connectivity index (χ4v) is 6.57. The fraction of sp³-hybridized carbons (Fsp3) is 0.333. The first kappa shape index (κ1) is 28.9. The van der Waals surface area contributed by atoms with Crippen molar-refractivity contribution in [2.24, 2.45) is 21.6 Å². The van der Waals surface area contributed by atoms with E-state index in [0.29, 0.717) is 6.54 Å². The first-order valence-electron chi connectivity index (χ1n) is 11.4. The Labute approximate surface area is 239 Å². The van der Waals surface area contributed by atoms with Gasteiger partial charge in [-0.2, -0.15) is 0 Å². The van der Waals surface area contributed by atoms with Crippen LogP contribution in [0.3, 0.4) is 0 Å². The number of nitrogens with one attached hydrogen (secondary N) is 1. The van der Waals surface area contributed by atoms with Gasteiger partial charge in [0.15, 0.2) is 22.3 Å². The van der Waals surface area contributed by atoms with Crippen LogP contribution in [0.25, 0.3) is 0 Å². The number of aliphatic imine (C=N–C) groups is 1. The van der Waals surface area contributed by atoms with Crippen molar-refractivity contribution >= 4 is 81.2 Å². The third kappa shape index (κ3) is 4.98. The Morgan fingerprint density at radius 1 is 1.38 bits per heavy atom. The molecule has 40 heavy (non-hydrogen) atoms. The number of hydrogen-bond acceptors (Lipinski definition) is 15. The first-order chi connectivity index (χ1) is 18.9. The highest BCUT2D eigenvalue weighted by molar-refractivity contribution is 8.00. The largest absolute Gasteiger partial charge is 0.479 e. The molecule has 3 aliphatic heterocycles. The number of nitrogens with two attached hydrogens (primary N) is 3. The number of fused-ring (bicyclic) bond motifs is 1. The summed E-state index contributed by atoms with van der Waals surface area (Å²) in [7, 11) is 0. The Bertz CT molecular complexity index is 1420. The Morgan fingerprint density at radius 2 is 2.10 bits per heavy atom. The molecule has 1 saturated heterocycles. The Hall–Kier alpha value is -4.07. The Morgan fingerprint density at radius 3 is 2.65 bits per heavy atom. The number of oxime groups is 1. The van der Waals surface area contributed by atoms with E-state index in [2.05, 4.69) is 20.4 Å². The number of thiocarbonyl (C=S) groups is 1. The van der Waals surface area contributed by atoms with Crippen LogP contribution in [0.1, 0.15) is 12.6 Å². The number of aliphatic carboxylic acids is 2. The number of rotatable bonds is 10. The van der Waals surface area contributed by atoms with Crippen LogP contribution >= 0.6 is 35.3 Å². The topological polar surface area (TPSA) is 252 Å². The predicted octanol–water partition coefficient (Wildman–Crippen LogP) is -1.54. The van der Waals surface area contributed by atoms with Crippen molar-refractivity contribution in [2.45, 2.75) is 24.0 Å². The lowest BCUT2D eigenvalue weighted by Gasteiger charge is -2.55. The number of guanidine groups is 1. The number of carbonyl (C=O) groups excluding carboxylic acids is 2. The average molecular weight is 610 g/mol. The molecule has 1 aromatic heterocycles. The number of carboxylic acid groups (broad SMARTS) is 2. The number of carboxylic acids is 2. The van der Waals surface area contributed by atoms with Gasteiger partial charge in [0.1, 0.15) is 22.9 Å². The fourth-order valence-electron chi connectivity index (χ4n) is 4.20. The molecule has 0 aliphatic carbocycles. The van der Waals surface area contributed by atoms with E-state index in [1.165, 1.54) is 5.38 Å². The van der Waals surface area contributed by atoms with Gasteiger partial charge in [0.05, 0.1) is 5.70 Å². The molecule has 3 aliphatic rings. The summed E-state index contributed by atoms with van der Waals surface area (Å²) < 4.78 is 0. The second kappa shape index (κ2) is 11.2. The lowest BCUT2D eigenvalue weighted by molar-refractivity contribution is -0.153. The standard InChI is InChI=1S/C21H23N9O7S3/c1-2-29-11(22)3-9(25-19(29)23)8-5-39-18-21(7-38,17(36)30(18)14(8)16(34)35)27-15(33)13(28-37-4-12(31)32)10-6-40-20(24)26-10/h3,6-7,11,18H,2,4-5,22H2,1H3,(H2,23,25)(H2,24,26)(H,27,33)(H,31,32)(H,34,35)/b28-13-/t11?,18-,21+/m1/s1. The number of aromatic nitrogens is 1. The molecule has 9 N–H and O–H groups in total. The molecule has 4 rings (SSSR count). The molecule has 19 heteroatoms. The number of nitrogens with zero attached hydrogens (tertiary/aromatic N) is 5. The van der Waals surface area contributed by atoms with Crippen molar-refractivity contribution in [1.82, 2.24) is 20.1 Å². The highest BCUT2D eigenvalue weighted by Gasteiger charge is 2.65. The van der Waals surface area contributed by atoms with Crippen LogP contribution in [0, 0.1) is 0 Å². The molecule has 3 atom stereocenters. The van der Waals surface area contributed by atoms with Gasteiger partial charge < -0.3 is 42.5 Å². The maximum atomic E-state index is 13.5. The van der Waals surface area contributed by atoms with Crippen LogP contribution in [0.15, 0.2) is 38.6 Å². The lowest BCUT2D eigenvalue weighted by atomic mass is 9.87. The van der Waals surface area contributed by atoms with E-state index in [4.69, 9.17) is 39.4 Å². The van der Waals surface area contributed by atoms with Crippen molar-refractivity contribution in [3.05, 3.63) is 34.1 Å². The van der Waals surface area contributed by atoms with Gasteiger partial charge >= 0.3 is 11.9 Å². The lowest BCUT2D eigenvalue weighted by Crippen LogP contribution is -2.81. The quantitative estimate of drug-likeness (QED) is 0.0761. The van der Waals surface area contributed by atoms with E-state index < -0.39 is 53.2 Å². The minimum absolute atomic E-state index is 0.0320. The van der Waals surface area contributed by atoms with Gasteiger partial charge in [0.25, 0.3) is 11.8 Å². The molecule has 0 bridgehead atoms. The van der Waals surface area contributed by atoms with Gasteiger partial charge in [-0.1, -0.05) is 17.4 Å². The van der Waals surface area contributed by atoms with Crippen LogP contribution in [0.5, 0.6) is 0 Å². The van der Waals surface area contributed by atoms with Crippen molar-refractivity contribution < 1.29 is 34.2 Å². The second-order valence-electron chi connectivity index (χ2n) is 8.39. The predicted molar refractivity (Wildman–Crippen MR) is 149 cm³/mol. The molecule has 0 spiro atoms. The van der Waals surface area contributed by atoms with Crippen LogP contribution in [0.2, 0.25) is 0 Å². The summed E-state index contributed by atoms with van der Waals surface area (Å²) in [5.41, 5.74) is 15.6. The molecule has 2 amide bonds. The normalized spacial score (nSPS) is 24.4. The van der Waals surface area contributed by atoms with E-state index in [-0.39, 0.29) is 39.5 Å². The second-order valence-corrected chi connectivity index (χ2v) is 10.6. The number of carbonyl (C=O) groups is 4. The third-order valence-electron chi connectivity index (χ3n) is 6.01. The van der Waals surface area contributed by atoms with Gasteiger partial charge in [-0.3, -0.25) is 14.5 Å². The van der Waals surface area contributed by atoms with E-state index in [1.807, 2.05) is 6.92 Å². The monoisotopic (exact) mass is 609 g/mol.